The van der Waals surface area contributed by atoms with Crippen molar-refractivity contribution in [3.05, 3.63) is 52.1 Å². The number of benzene rings is 1. The van der Waals surface area contributed by atoms with Crippen molar-refractivity contribution < 1.29 is 14.6 Å². The van der Waals surface area contributed by atoms with E-state index in [4.69, 9.17) is 14.6 Å². The first-order valence-corrected chi connectivity index (χ1v) is 9.21. The minimum atomic E-state index is -0.243. The molecule has 3 N–H and O–H groups in total. The van der Waals surface area contributed by atoms with Crippen molar-refractivity contribution >= 4 is 22.3 Å². The van der Waals surface area contributed by atoms with Crippen LogP contribution in [0, 0.1) is 13.8 Å². The van der Waals surface area contributed by atoms with Gasteiger partial charge in [-0.15, -0.1) is 0 Å². The number of H-pyrrole nitrogens is 1. The Morgan fingerprint density at radius 2 is 1.93 bits per heavy atom. The highest BCUT2D eigenvalue weighted by atomic mass is 16.5. The van der Waals surface area contributed by atoms with Crippen molar-refractivity contribution in [3.63, 3.8) is 0 Å². The summed E-state index contributed by atoms with van der Waals surface area (Å²) in [6.45, 7) is 4.47. The van der Waals surface area contributed by atoms with Gasteiger partial charge >= 0.3 is 0 Å². The van der Waals surface area contributed by atoms with Gasteiger partial charge in [0.25, 0.3) is 5.56 Å². The summed E-state index contributed by atoms with van der Waals surface area (Å²) in [6.07, 6.45) is 4.91. The fraction of sp³-hybridized carbons (Fsp3) is 0.333. The van der Waals surface area contributed by atoms with Crippen molar-refractivity contribution in [2.45, 2.75) is 26.7 Å². The van der Waals surface area contributed by atoms with Crippen LogP contribution in [-0.4, -0.2) is 35.4 Å². The molecule has 0 aliphatic rings. The zero-order valence-corrected chi connectivity index (χ0v) is 16.3. The van der Waals surface area contributed by atoms with E-state index in [0.29, 0.717) is 42.2 Å². The average molecular weight is 383 g/mol. The van der Waals surface area contributed by atoms with Crippen LogP contribution in [0.2, 0.25) is 0 Å². The van der Waals surface area contributed by atoms with Crippen molar-refractivity contribution in [2.24, 2.45) is 0 Å². The van der Waals surface area contributed by atoms with Crippen molar-refractivity contribution in [1.29, 1.82) is 0 Å². The fourth-order valence-electron chi connectivity index (χ4n) is 3.11. The summed E-state index contributed by atoms with van der Waals surface area (Å²) in [5.41, 5.74) is 3.91. The number of aliphatic hydroxyl groups is 1. The molecule has 2 aromatic heterocycles. The number of nitrogens with one attached hydrogen (secondary N) is 2. The molecule has 2 heterocycles. The fourth-order valence-corrected chi connectivity index (χ4v) is 3.11. The number of aromatic amines is 1. The zero-order valence-electron chi connectivity index (χ0n) is 16.3. The maximum atomic E-state index is 12.4. The van der Waals surface area contributed by atoms with Crippen LogP contribution in [-0.2, 0) is 0 Å². The largest absolute Gasteiger partial charge is 0.493 e. The summed E-state index contributed by atoms with van der Waals surface area (Å²) in [6, 6.07) is 5.24. The van der Waals surface area contributed by atoms with Gasteiger partial charge in [0.15, 0.2) is 11.5 Å². The lowest BCUT2D eigenvalue weighted by molar-refractivity contribution is 0.249. The maximum Gasteiger partial charge on any atom is 0.250 e. The quantitative estimate of drug-likeness (QED) is 0.516. The highest BCUT2D eigenvalue weighted by Gasteiger charge is 2.15. The lowest BCUT2D eigenvalue weighted by Crippen LogP contribution is -2.10. The number of fused-ring (bicyclic) bond motifs is 1. The number of hydrogen-bond donors (Lipinski definition) is 3. The van der Waals surface area contributed by atoms with Gasteiger partial charge in [0, 0.05) is 36.1 Å². The third-order valence-electron chi connectivity index (χ3n) is 4.54. The van der Waals surface area contributed by atoms with Crippen LogP contribution in [0.5, 0.6) is 11.5 Å². The number of methoxy groups -OCH3 is 1. The van der Waals surface area contributed by atoms with Crippen LogP contribution in [0.1, 0.15) is 24.0 Å². The molecule has 0 radical (unpaired) electrons. The summed E-state index contributed by atoms with van der Waals surface area (Å²) in [4.78, 5) is 19.4. The minimum absolute atomic E-state index is 0.117. The topological polar surface area (TPSA) is 96.5 Å². The van der Waals surface area contributed by atoms with Crippen molar-refractivity contribution in [1.82, 2.24) is 9.97 Å². The molecule has 0 atom stereocenters. The number of aliphatic hydroxyl groups excluding tert-OH is 1. The third-order valence-corrected chi connectivity index (χ3v) is 4.54. The molecule has 0 fully saturated rings. The van der Waals surface area contributed by atoms with Crippen LogP contribution in [0.3, 0.4) is 0 Å². The van der Waals surface area contributed by atoms with Crippen LogP contribution in [0.4, 0.5) is 11.4 Å². The number of unbranched alkanes of at least 4 members (excludes halogenated alkanes) is 1. The summed E-state index contributed by atoms with van der Waals surface area (Å²) >= 11 is 0. The standard InChI is InChI=1S/C21H25N3O4/c1-13-11-22-12-14(2)19(13)23-16-10-18(26)24-20-15(16)6-7-17(27-3)21(20)28-9-5-4-8-25/h6-7,10-12,25H,4-5,8-9H2,1-3H3,(H2,22,23,24,26). The summed E-state index contributed by atoms with van der Waals surface area (Å²) in [5.74, 6) is 1.03. The van der Waals surface area contributed by atoms with Crippen LogP contribution >= 0.6 is 0 Å². The van der Waals surface area contributed by atoms with E-state index in [0.717, 1.165) is 22.2 Å². The molecule has 0 saturated heterocycles. The van der Waals surface area contributed by atoms with E-state index in [-0.39, 0.29) is 12.2 Å². The molecule has 0 aliphatic carbocycles. The molecule has 1 aromatic carbocycles. The predicted molar refractivity (Wildman–Crippen MR) is 110 cm³/mol. The number of nitrogens with zero attached hydrogens (tertiary/aromatic N) is 1. The van der Waals surface area contributed by atoms with E-state index < -0.39 is 0 Å². The second-order valence-electron chi connectivity index (χ2n) is 6.62. The van der Waals surface area contributed by atoms with E-state index in [1.54, 1.807) is 19.5 Å². The van der Waals surface area contributed by atoms with E-state index in [9.17, 15) is 4.79 Å². The molecular formula is C21H25N3O4. The summed E-state index contributed by atoms with van der Waals surface area (Å²) in [7, 11) is 1.56. The number of aryl methyl sites for hydroxylation is 2. The minimum Gasteiger partial charge on any atom is -0.493 e. The van der Waals surface area contributed by atoms with Gasteiger partial charge in [0.2, 0.25) is 0 Å². The summed E-state index contributed by atoms with van der Waals surface area (Å²) in [5, 5.41) is 13.1. The molecule has 3 rings (SSSR count). The zero-order chi connectivity index (χ0) is 20.1. The van der Waals surface area contributed by atoms with Gasteiger partial charge in [-0.25, -0.2) is 0 Å². The Kier molecular flexibility index (Phi) is 6.16. The first kappa shape index (κ1) is 19.7. The Morgan fingerprint density at radius 3 is 2.61 bits per heavy atom. The number of anilines is 2. The van der Waals surface area contributed by atoms with Crippen LogP contribution < -0.4 is 20.3 Å². The van der Waals surface area contributed by atoms with Gasteiger partial charge in [0.1, 0.15) is 0 Å². The van der Waals surface area contributed by atoms with E-state index in [1.165, 1.54) is 6.07 Å². The Bertz CT molecular complexity index is 1010. The molecular weight excluding hydrogens is 358 g/mol. The third kappa shape index (κ3) is 4.09. The molecule has 0 saturated carbocycles. The first-order chi connectivity index (χ1) is 13.5. The summed E-state index contributed by atoms with van der Waals surface area (Å²) < 4.78 is 11.3. The Balaban J connectivity index is 2.08. The first-order valence-electron chi connectivity index (χ1n) is 9.21. The van der Waals surface area contributed by atoms with Gasteiger partial charge in [0.05, 0.1) is 24.9 Å². The molecule has 0 spiro atoms. The second kappa shape index (κ2) is 8.75. The van der Waals surface area contributed by atoms with Gasteiger partial charge in [-0.3, -0.25) is 9.78 Å². The Hall–Kier alpha value is -3.06. The molecule has 0 bridgehead atoms. The van der Waals surface area contributed by atoms with E-state index in [1.807, 2.05) is 26.0 Å². The molecule has 148 valence electrons. The van der Waals surface area contributed by atoms with E-state index >= 15 is 0 Å². The van der Waals surface area contributed by atoms with E-state index in [2.05, 4.69) is 15.3 Å². The smallest absolute Gasteiger partial charge is 0.250 e. The van der Waals surface area contributed by atoms with Gasteiger partial charge in [-0.2, -0.15) is 0 Å². The van der Waals surface area contributed by atoms with Gasteiger partial charge < -0.3 is 24.9 Å². The Morgan fingerprint density at radius 1 is 1.18 bits per heavy atom. The van der Waals surface area contributed by atoms with Crippen molar-refractivity contribution in [2.75, 3.05) is 25.6 Å². The molecule has 0 unspecified atom stereocenters. The van der Waals surface area contributed by atoms with Crippen molar-refractivity contribution in [3.8, 4) is 11.5 Å². The number of ether oxygens (including phenoxy) is 2. The van der Waals surface area contributed by atoms with Crippen LogP contribution in [0.25, 0.3) is 10.9 Å². The maximum absolute atomic E-state index is 12.4. The number of rotatable bonds is 8. The lowest BCUT2D eigenvalue weighted by Gasteiger charge is -2.17. The molecule has 7 heteroatoms. The monoisotopic (exact) mass is 383 g/mol. The normalized spacial score (nSPS) is 10.9. The second-order valence-corrected chi connectivity index (χ2v) is 6.62. The Labute approximate surface area is 163 Å². The number of aromatic nitrogens is 2. The molecule has 7 nitrogen and oxygen atoms in total. The predicted octanol–water partition coefficient (Wildman–Crippen LogP) is 3.44. The molecule has 28 heavy (non-hydrogen) atoms. The molecule has 0 amide bonds. The number of hydrogen-bond acceptors (Lipinski definition) is 6. The van der Waals surface area contributed by atoms with Gasteiger partial charge in [-0.05, 0) is 49.9 Å². The highest BCUT2D eigenvalue weighted by Crippen LogP contribution is 2.37. The molecule has 3 aromatic rings. The highest BCUT2D eigenvalue weighted by molar-refractivity contribution is 5.97. The number of pyridine rings is 2. The van der Waals surface area contributed by atoms with Gasteiger partial charge in [-0.1, -0.05) is 0 Å². The molecule has 0 aliphatic heterocycles. The SMILES string of the molecule is COc1ccc2c(Nc3c(C)cncc3C)cc(=O)[nH]c2c1OCCCCO. The lowest BCUT2D eigenvalue weighted by atomic mass is 10.1. The average Bonchev–Trinajstić information content (AvgIpc) is 2.68. The van der Waals surface area contributed by atoms with Crippen LogP contribution in [0.15, 0.2) is 35.4 Å².